The van der Waals surface area contributed by atoms with Crippen molar-refractivity contribution in [3.05, 3.63) is 47.4 Å². The number of rotatable bonds is 3. The minimum absolute atomic E-state index is 0.00350. The lowest BCUT2D eigenvalue weighted by Crippen LogP contribution is -2.12. The zero-order chi connectivity index (χ0) is 14.0. The number of carboxylic acids is 1. The SMILES string of the molecule is O=C(Nc1ccc(F)c(F)c1)c1cc(C(=O)O)on1. The van der Waals surface area contributed by atoms with Crippen LogP contribution in [0.3, 0.4) is 0 Å². The van der Waals surface area contributed by atoms with E-state index in [0.717, 1.165) is 24.3 Å². The first-order valence-electron chi connectivity index (χ1n) is 4.94. The van der Waals surface area contributed by atoms with E-state index in [0.29, 0.717) is 0 Å². The van der Waals surface area contributed by atoms with Crippen molar-refractivity contribution in [2.45, 2.75) is 0 Å². The molecule has 0 spiro atoms. The molecule has 0 saturated heterocycles. The van der Waals surface area contributed by atoms with E-state index in [-0.39, 0.29) is 11.4 Å². The molecule has 0 aliphatic heterocycles. The van der Waals surface area contributed by atoms with Crippen LogP contribution in [-0.4, -0.2) is 22.1 Å². The van der Waals surface area contributed by atoms with Gasteiger partial charge in [-0.05, 0) is 12.1 Å². The Hall–Kier alpha value is -2.77. The molecule has 1 amide bonds. The first kappa shape index (κ1) is 12.7. The molecule has 6 nitrogen and oxygen atoms in total. The fourth-order valence-corrected chi connectivity index (χ4v) is 1.25. The van der Waals surface area contributed by atoms with Gasteiger partial charge in [-0.2, -0.15) is 0 Å². The van der Waals surface area contributed by atoms with E-state index in [1.807, 2.05) is 0 Å². The van der Waals surface area contributed by atoms with Crippen LogP contribution < -0.4 is 5.32 Å². The highest BCUT2D eigenvalue weighted by Crippen LogP contribution is 2.14. The van der Waals surface area contributed by atoms with Crippen LogP contribution in [0.25, 0.3) is 0 Å². The Kier molecular flexibility index (Phi) is 3.23. The summed E-state index contributed by atoms with van der Waals surface area (Å²) in [5, 5.41) is 14.0. The van der Waals surface area contributed by atoms with Gasteiger partial charge in [0.25, 0.3) is 5.91 Å². The van der Waals surface area contributed by atoms with Crippen molar-refractivity contribution in [1.29, 1.82) is 0 Å². The number of carboxylic acid groups (broad SMARTS) is 1. The van der Waals surface area contributed by atoms with Gasteiger partial charge >= 0.3 is 5.97 Å². The van der Waals surface area contributed by atoms with Gasteiger partial charge in [-0.25, -0.2) is 13.6 Å². The summed E-state index contributed by atoms with van der Waals surface area (Å²) < 4.78 is 30.0. The second-order valence-corrected chi connectivity index (χ2v) is 3.46. The van der Waals surface area contributed by atoms with Crippen LogP contribution in [0.4, 0.5) is 14.5 Å². The molecule has 0 atom stereocenters. The van der Waals surface area contributed by atoms with Crippen molar-refractivity contribution in [3.8, 4) is 0 Å². The fraction of sp³-hybridized carbons (Fsp3) is 0. The molecule has 1 aromatic heterocycles. The smallest absolute Gasteiger partial charge is 0.374 e. The van der Waals surface area contributed by atoms with Crippen LogP contribution in [0.5, 0.6) is 0 Å². The molecule has 2 aromatic rings. The van der Waals surface area contributed by atoms with Gasteiger partial charge in [-0.3, -0.25) is 4.79 Å². The number of carbonyl (C=O) groups is 2. The van der Waals surface area contributed by atoms with E-state index in [1.165, 1.54) is 0 Å². The molecular weight excluding hydrogens is 262 g/mol. The Morgan fingerprint density at radius 2 is 1.95 bits per heavy atom. The first-order chi connectivity index (χ1) is 8.97. The number of anilines is 1. The summed E-state index contributed by atoms with van der Waals surface area (Å²) in [7, 11) is 0. The quantitative estimate of drug-likeness (QED) is 0.886. The molecule has 0 aliphatic rings. The predicted molar refractivity (Wildman–Crippen MR) is 57.8 cm³/mol. The molecule has 98 valence electrons. The summed E-state index contributed by atoms with van der Waals surface area (Å²) in [4.78, 5) is 22.1. The third kappa shape index (κ3) is 2.73. The van der Waals surface area contributed by atoms with E-state index >= 15 is 0 Å². The lowest BCUT2D eigenvalue weighted by molar-refractivity contribution is 0.0651. The summed E-state index contributed by atoms with van der Waals surface area (Å²) >= 11 is 0. The lowest BCUT2D eigenvalue weighted by Gasteiger charge is -2.02. The molecule has 2 N–H and O–H groups in total. The number of hydrogen-bond donors (Lipinski definition) is 2. The van der Waals surface area contributed by atoms with Crippen LogP contribution in [-0.2, 0) is 0 Å². The highest BCUT2D eigenvalue weighted by Gasteiger charge is 2.17. The molecule has 19 heavy (non-hydrogen) atoms. The maximum atomic E-state index is 12.9. The zero-order valence-electron chi connectivity index (χ0n) is 9.18. The highest BCUT2D eigenvalue weighted by molar-refractivity contribution is 6.03. The molecular formula is C11H6F2N2O4. The normalized spacial score (nSPS) is 10.2. The predicted octanol–water partition coefficient (Wildman–Crippen LogP) is 1.90. The van der Waals surface area contributed by atoms with Gasteiger partial charge in [0.05, 0.1) is 0 Å². The van der Waals surface area contributed by atoms with Crippen LogP contribution in [0.15, 0.2) is 28.8 Å². The van der Waals surface area contributed by atoms with Gasteiger partial charge in [0.15, 0.2) is 17.3 Å². The molecule has 1 aromatic carbocycles. The Labute approximate surface area is 104 Å². The average Bonchev–Trinajstić information content (AvgIpc) is 2.83. The molecule has 0 bridgehead atoms. The van der Waals surface area contributed by atoms with Crippen LogP contribution >= 0.6 is 0 Å². The summed E-state index contributed by atoms with van der Waals surface area (Å²) in [6, 6.07) is 3.69. The minimum atomic E-state index is -1.38. The Bertz CT molecular complexity index is 654. The van der Waals surface area contributed by atoms with Gasteiger partial charge in [0.1, 0.15) is 0 Å². The van der Waals surface area contributed by atoms with Gasteiger partial charge in [-0.15, -0.1) is 0 Å². The third-order valence-electron chi connectivity index (χ3n) is 2.13. The number of hydrogen-bond acceptors (Lipinski definition) is 4. The van der Waals surface area contributed by atoms with Crippen LogP contribution in [0, 0.1) is 11.6 Å². The first-order valence-corrected chi connectivity index (χ1v) is 4.94. The molecule has 0 fully saturated rings. The Balaban J connectivity index is 2.15. The van der Waals surface area contributed by atoms with Crippen LogP contribution in [0.2, 0.25) is 0 Å². The summed E-state index contributed by atoms with van der Waals surface area (Å²) in [5.41, 5.74) is -0.286. The van der Waals surface area contributed by atoms with E-state index in [9.17, 15) is 18.4 Å². The third-order valence-corrected chi connectivity index (χ3v) is 2.13. The molecule has 0 unspecified atom stereocenters. The molecule has 1 heterocycles. The van der Waals surface area contributed by atoms with Gasteiger partial charge in [-0.1, -0.05) is 5.16 Å². The Morgan fingerprint density at radius 3 is 2.53 bits per heavy atom. The van der Waals surface area contributed by atoms with E-state index in [1.54, 1.807) is 0 Å². The van der Waals surface area contributed by atoms with Crippen molar-refractivity contribution in [3.63, 3.8) is 0 Å². The van der Waals surface area contributed by atoms with Crippen molar-refractivity contribution >= 4 is 17.6 Å². The number of amides is 1. The number of aromatic carboxylic acids is 1. The second kappa shape index (κ2) is 4.84. The van der Waals surface area contributed by atoms with E-state index < -0.39 is 29.3 Å². The molecule has 0 saturated carbocycles. The van der Waals surface area contributed by atoms with Crippen molar-refractivity contribution in [1.82, 2.24) is 5.16 Å². The summed E-state index contributed by atoms with van der Waals surface area (Å²) in [6.07, 6.45) is 0. The van der Waals surface area contributed by atoms with Gasteiger partial charge < -0.3 is 14.9 Å². The highest BCUT2D eigenvalue weighted by atomic mass is 19.2. The van der Waals surface area contributed by atoms with Gasteiger partial charge in [0, 0.05) is 17.8 Å². The molecule has 0 aliphatic carbocycles. The van der Waals surface area contributed by atoms with Crippen LogP contribution in [0.1, 0.15) is 21.0 Å². The largest absolute Gasteiger partial charge is 0.475 e. The minimum Gasteiger partial charge on any atom is -0.475 e. The number of carbonyl (C=O) groups excluding carboxylic acids is 1. The number of benzene rings is 1. The average molecular weight is 268 g/mol. The topological polar surface area (TPSA) is 92.4 Å². The zero-order valence-corrected chi connectivity index (χ0v) is 9.18. The number of nitrogens with zero attached hydrogens (tertiary/aromatic N) is 1. The molecule has 8 heteroatoms. The Morgan fingerprint density at radius 1 is 1.21 bits per heavy atom. The van der Waals surface area contributed by atoms with E-state index in [2.05, 4.69) is 15.0 Å². The maximum Gasteiger partial charge on any atom is 0.374 e. The lowest BCUT2D eigenvalue weighted by atomic mass is 10.3. The second-order valence-electron chi connectivity index (χ2n) is 3.46. The van der Waals surface area contributed by atoms with Crippen molar-refractivity contribution in [2.75, 3.05) is 5.32 Å². The monoisotopic (exact) mass is 268 g/mol. The number of halogens is 2. The standard InChI is InChI=1S/C11H6F2N2O4/c12-6-2-1-5(3-7(6)13)14-10(16)8-4-9(11(17)18)19-15-8/h1-4H,(H,14,16)(H,17,18). The summed E-state index contributed by atoms with van der Waals surface area (Å²) in [6.45, 7) is 0. The number of nitrogens with one attached hydrogen (secondary N) is 1. The molecule has 2 rings (SSSR count). The fourth-order valence-electron chi connectivity index (χ4n) is 1.25. The maximum absolute atomic E-state index is 12.9. The van der Waals surface area contributed by atoms with E-state index in [4.69, 9.17) is 5.11 Å². The van der Waals surface area contributed by atoms with Crippen molar-refractivity contribution < 1.29 is 28.0 Å². The number of aromatic nitrogens is 1. The molecule has 0 radical (unpaired) electrons. The van der Waals surface area contributed by atoms with Crippen molar-refractivity contribution in [2.24, 2.45) is 0 Å². The van der Waals surface area contributed by atoms with Gasteiger partial charge in [0.2, 0.25) is 5.76 Å². The summed E-state index contributed by atoms with van der Waals surface area (Å²) in [5.74, 6) is -4.85.